The normalized spacial score (nSPS) is 12.7. The number of nitrogens with two attached hydrogens (primary N) is 1. The molecule has 1 aromatic carbocycles. The molecule has 0 saturated heterocycles. The van der Waals surface area contributed by atoms with E-state index in [1.807, 2.05) is 6.92 Å². The van der Waals surface area contributed by atoms with E-state index >= 15 is 0 Å². The van der Waals surface area contributed by atoms with Crippen LogP contribution < -0.4 is 5.73 Å². The fourth-order valence-electron chi connectivity index (χ4n) is 1.80. The first-order chi connectivity index (χ1) is 8.54. The SMILES string of the molecule is CCn1nccc1C(N)c1cc(F)c(F)c(F)c1. The van der Waals surface area contributed by atoms with E-state index in [9.17, 15) is 13.2 Å². The van der Waals surface area contributed by atoms with Gasteiger partial charge in [-0.15, -0.1) is 0 Å². The zero-order valence-corrected chi connectivity index (χ0v) is 9.70. The van der Waals surface area contributed by atoms with Crippen molar-refractivity contribution in [3.05, 3.63) is 53.1 Å². The van der Waals surface area contributed by atoms with E-state index in [2.05, 4.69) is 5.10 Å². The number of hydrogen-bond acceptors (Lipinski definition) is 2. The smallest absolute Gasteiger partial charge is 0.194 e. The number of aromatic nitrogens is 2. The minimum Gasteiger partial charge on any atom is -0.319 e. The lowest BCUT2D eigenvalue weighted by Crippen LogP contribution is -2.18. The summed E-state index contributed by atoms with van der Waals surface area (Å²) >= 11 is 0. The molecular formula is C12H12F3N3. The van der Waals surface area contributed by atoms with Crippen molar-refractivity contribution in [1.29, 1.82) is 0 Å². The molecular weight excluding hydrogens is 243 g/mol. The van der Waals surface area contributed by atoms with E-state index in [0.717, 1.165) is 12.1 Å². The van der Waals surface area contributed by atoms with Crippen molar-refractivity contribution in [2.24, 2.45) is 5.73 Å². The van der Waals surface area contributed by atoms with E-state index in [1.165, 1.54) is 0 Å². The maximum absolute atomic E-state index is 13.1. The van der Waals surface area contributed by atoms with Crippen LogP contribution in [0.4, 0.5) is 13.2 Å². The molecule has 96 valence electrons. The number of nitrogens with zero attached hydrogens (tertiary/aromatic N) is 2. The Labute approximate surface area is 102 Å². The van der Waals surface area contributed by atoms with Gasteiger partial charge in [-0.05, 0) is 30.7 Å². The van der Waals surface area contributed by atoms with Crippen LogP contribution in [0.3, 0.4) is 0 Å². The summed E-state index contributed by atoms with van der Waals surface area (Å²) in [7, 11) is 0. The van der Waals surface area contributed by atoms with Crippen molar-refractivity contribution >= 4 is 0 Å². The standard InChI is InChI=1S/C12H12F3N3/c1-2-18-10(3-4-17-18)12(16)7-5-8(13)11(15)9(14)6-7/h3-6,12H,2,16H2,1H3. The summed E-state index contributed by atoms with van der Waals surface area (Å²) in [4.78, 5) is 0. The Hall–Kier alpha value is -1.82. The van der Waals surface area contributed by atoms with Crippen molar-refractivity contribution in [3.8, 4) is 0 Å². The third-order valence-electron chi connectivity index (χ3n) is 2.73. The third-order valence-corrected chi connectivity index (χ3v) is 2.73. The van der Waals surface area contributed by atoms with E-state index in [0.29, 0.717) is 12.2 Å². The summed E-state index contributed by atoms with van der Waals surface area (Å²) in [5.41, 5.74) is 6.69. The molecule has 1 unspecified atom stereocenters. The van der Waals surface area contributed by atoms with Crippen molar-refractivity contribution in [2.45, 2.75) is 19.5 Å². The first-order valence-corrected chi connectivity index (χ1v) is 5.46. The molecule has 3 nitrogen and oxygen atoms in total. The van der Waals surface area contributed by atoms with Crippen LogP contribution in [-0.4, -0.2) is 9.78 Å². The molecule has 1 aromatic heterocycles. The number of benzene rings is 1. The minimum atomic E-state index is -1.49. The molecule has 0 fully saturated rings. The molecule has 6 heteroatoms. The van der Waals surface area contributed by atoms with Crippen LogP contribution in [0.15, 0.2) is 24.4 Å². The van der Waals surface area contributed by atoms with E-state index in [-0.39, 0.29) is 5.56 Å². The summed E-state index contributed by atoms with van der Waals surface area (Å²) in [6, 6.07) is 2.71. The Bertz CT molecular complexity index is 542. The highest BCUT2D eigenvalue weighted by atomic mass is 19.2. The molecule has 0 aliphatic rings. The topological polar surface area (TPSA) is 43.8 Å². The Balaban J connectivity index is 2.43. The van der Waals surface area contributed by atoms with Crippen LogP contribution in [-0.2, 0) is 6.54 Å². The lowest BCUT2D eigenvalue weighted by atomic mass is 10.0. The summed E-state index contributed by atoms with van der Waals surface area (Å²) < 4.78 is 40.7. The zero-order chi connectivity index (χ0) is 13.3. The molecule has 2 rings (SSSR count). The number of rotatable bonds is 3. The van der Waals surface area contributed by atoms with Crippen LogP contribution >= 0.6 is 0 Å². The van der Waals surface area contributed by atoms with Gasteiger partial charge in [-0.2, -0.15) is 5.10 Å². The van der Waals surface area contributed by atoms with Gasteiger partial charge in [0, 0.05) is 12.7 Å². The number of aryl methyl sites for hydroxylation is 1. The molecule has 2 N–H and O–H groups in total. The Morgan fingerprint density at radius 2 is 1.89 bits per heavy atom. The monoisotopic (exact) mass is 255 g/mol. The van der Waals surface area contributed by atoms with Gasteiger partial charge in [0.25, 0.3) is 0 Å². The molecule has 1 atom stereocenters. The third kappa shape index (κ3) is 2.11. The van der Waals surface area contributed by atoms with Gasteiger partial charge in [0.2, 0.25) is 0 Å². The Kier molecular flexibility index (Phi) is 3.38. The Morgan fingerprint density at radius 1 is 1.28 bits per heavy atom. The van der Waals surface area contributed by atoms with Crippen LogP contribution in [0.2, 0.25) is 0 Å². The van der Waals surface area contributed by atoms with Gasteiger partial charge in [0.1, 0.15) is 0 Å². The summed E-state index contributed by atoms with van der Waals surface area (Å²) in [6.45, 7) is 2.46. The average Bonchev–Trinajstić information content (AvgIpc) is 2.82. The van der Waals surface area contributed by atoms with Crippen LogP contribution in [0, 0.1) is 17.5 Å². The quantitative estimate of drug-likeness (QED) is 0.856. The second kappa shape index (κ2) is 4.81. The second-order valence-corrected chi connectivity index (χ2v) is 3.85. The van der Waals surface area contributed by atoms with E-state index in [4.69, 9.17) is 5.73 Å². The molecule has 0 aliphatic carbocycles. The average molecular weight is 255 g/mol. The highest BCUT2D eigenvalue weighted by Crippen LogP contribution is 2.23. The van der Waals surface area contributed by atoms with Gasteiger partial charge < -0.3 is 5.73 Å². The Morgan fingerprint density at radius 3 is 2.44 bits per heavy atom. The van der Waals surface area contributed by atoms with Gasteiger partial charge in [0.15, 0.2) is 17.5 Å². The molecule has 1 heterocycles. The maximum Gasteiger partial charge on any atom is 0.194 e. The van der Waals surface area contributed by atoms with Crippen LogP contribution in [0.1, 0.15) is 24.2 Å². The fourth-order valence-corrected chi connectivity index (χ4v) is 1.80. The van der Waals surface area contributed by atoms with Gasteiger partial charge in [-0.25, -0.2) is 13.2 Å². The highest BCUT2D eigenvalue weighted by molar-refractivity contribution is 5.28. The second-order valence-electron chi connectivity index (χ2n) is 3.85. The first-order valence-electron chi connectivity index (χ1n) is 5.46. The van der Waals surface area contributed by atoms with Gasteiger partial charge >= 0.3 is 0 Å². The molecule has 0 amide bonds. The summed E-state index contributed by atoms with van der Waals surface area (Å²) in [6.07, 6.45) is 1.55. The van der Waals surface area contributed by atoms with E-state index in [1.54, 1.807) is 16.9 Å². The molecule has 0 saturated carbocycles. The van der Waals surface area contributed by atoms with Crippen molar-refractivity contribution < 1.29 is 13.2 Å². The molecule has 18 heavy (non-hydrogen) atoms. The van der Waals surface area contributed by atoms with Gasteiger partial charge in [-0.1, -0.05) is 0 Å². The zero-order valence-electron chi connectivity index (χ0n) is 9.70. The molecule has 0 radical (unpaired) electrons. The predicted octanol–water partition coefficient (Wildman–Crippen LogP) is 2.37. The largest absolute Gasteiger partial charge is 0.319 e. The van der Waals surface area contributed by atoms with Crippen LogP contribution in [0.5, 0.6) is 0 Å². The number of halogens is 3. The predicted molar refractivity (Wildman–Crippen MR) is 60.2 cm³/mol. The molecule has 0 bridgehead atoms. The van der Waals surface area contributed by atoms with Crippen molar-refractivity contribution in [2.75, 3.05) is 0 Å². The van der Waals surface area contributed by atoms with Gasteiger partial charge in [-0.3, -0.25) is 4.68 Å². The fraction of sp³-hybridized carbons (Fsp3) is 0.250. The van der Waals surface area contributed by atoms with Crippen molar-refractivity contribution in [3.63, 3.8) is 0 Å². The van der Waals surface area contributed by atoms with Gasteiger partial charge in [0.05, 0.1) is 11.7 Å². The lowest BCUT2D eigenvalue weighted by Gasteiger charge is -2.14. The lowest BCUT2D eigenvalue weighted by molar-refractivity contribution is 0.444. The molecule has 0 spiro atoms. The number of hydrogen-bond donors (Lipinski definition) is 1. The highest BCUT2D eigenvalue weighted by Gasteiger charge is 2.18. The van der Waals surface area contributed by atoms with Crippen LogP contribution in [0.25, 0.3) is 0 Å². The molecule has 2 aromatic rings. The van der Waals surface area contributed by atoms with E-state index < -0.39 is 23.5 Å². The first kappa shape index (κ1) is 12.6. The van der Waals surface area contributed by atoms with Crippen molar-refractivity contribution in [1.82, 2.24) is 9.78 Å². The summed E-state index contributed by atoms with van der Waals surface area (Å²) in [5.74, 6) is -3.99. The minimum absolute atomic E-state index is 0.168. The summed E-state index contributed by atoms with van der Waals surface area (Å²) in [5, 5.41) is 4.02. The molecule has 0 aliphatic heterocycles. The maximum atomic E-state index is 13.1.